The summed E-state index contributed by atoms with van der Waals surface area (Å²) in [7, 11) is 1.92. The van der Waals surface area contributed by atoms with E-state index in [9.17, 15) is 0 Å². The molecule has 0 bridgehead atoms. The fourth-order valence-corrected chi connectivity index (χ4v) is 1.44. The summed E-state index contributed by atoms with van der Waals surface area (Å²) in [4.78, 5) is 8.16. The molecule has 0 aromatic carbocycles. The fraction of sp³-hybridized carbons (Fsp3) is 0.231. The largest absolute Gasteiger partial charge is 0.437 e. The van der Waals surface area contributed by atoms with Crippen molar-refractivity contribution in [1.82, 2.24) is 15.3 Å². The van der Waals surface area contributed by atoms with Gasteiger partial charge in [-0.25, -0.2) is 4.98 Å². The summed E-state index contributed by atoms with van der Waals surface area (Å²) in [5.74, 6) is 1.27. The van der Waals surface area contributed by atoms with Gasteiger partial charge in [0.05, 0.1) is 6.20 Å². The van der Waals surface area contributed by atoms with Gasteiger partial charge >= 0.3 is 0 Å². The second kappa shape index (κ2) is 5.41. The Kier molecular flexibility index (Phi) is 3.67. The quantitative estimate of drug-likeness (QED) is 0.875. The highest BCUT2D eigenvalue weighted by atomic mass is 16.5. The lowest BCUT2D eigenvalue weighted by Crippen LogP contribution is -2.12. The monoisotopic (exact) mass is 229 g/mol. The van der Waals surface area contributed by atoms with Crippen LogP contribution in [0.5, 0.6) is 11.6 Å². The van der Waals surface area contributed by atoms with Crippen LogP contribution in [0.15, 0.2) is 42.9 Å². The number of aromatic nitrogens is 2. The third kappa shape index (κ3) is 3.01. The number of nitrogens with zero attached hydrogens (tertiary/aromatic N) is 2. The van der Waals surface area contributed by atoms with Gasteiger partial charge in [0.15, 0.2) is 0 Å². The van der Waals surface area contributed by atoms with Crippen LogP contribution in [0.2, 0.25) is 0 Å². The van der Waals surface area contributed by atoms with E-state index in [2.05, 4.69) is 22.2 Å². The number of nitrogens with one attached hydrogen (secondary N) is 1. The van der Waals surface area contributed by atoms with Crippen molar-refractivity contribution < 1.29 is 4.74 Å². The summed E-state index contributed by atoms with van der Waals surface area (Å²) in [6, 6.07) is 7.85. The van der Waals surface area contributed by atoms with Crippen molar-refractivity contribution in [3.05, 3.63) is 48.4 Å². The highest BCUT2D eigenvalue weighted by Gasteiger charge is 2.05. The number of hydrogen-bond acceptors (Lipinski definition) is 4. The van der Waals surface area contributed by atoms with Crippen LogP contribution >= 0.6 is 0 Å². The highest BCUT2D eigenvalue weighted by Crippen LogP contribution is 2.21. The standard InChI is InChI=1S/C13H15N3O/c1-10(14-2)11-5-7-16-13(8-11)17-12-4-3-6-15-9-12/h3-10,14H,1-2H3. The first-order valence-electron chi connectivity index (χ1n) is 5.50. The maximum Gasteiger partial charge on any atom is 0.219 e. The predicted molar refractivity (Wildman–Crippen MR) is 66.0 cm³/mol. The van der Waals surface area contributed by atoms with Crippen LogP contribution in [0.25, 0.3) is 0 Å². The first kappa shape index (κ1) is 11.5. The van der Waals surface area contributed by atoms with E-state index in [1.54, 1.807) is 18.6 Å². The highest BCUT2D eigenvalue weighted by molar-refractivity contribution is 5.28. The van der Waals surface area contributed by atoms with Crippen molar-refractivity contribution in [3.63, 3.8) is 0 Å². The third-order valence-electron chi connectivity index (χ3n) is 2.55. The second-order valence-corrected chi connectivity index (χ2v) is 3.73. The zero-order chi connectivity index (χ0) is 12.1. The van der Waals surface area contributed by atoms with E-state index < -0.39 is 0 Å². The molecule has 0 saturated carbocycles. The summed E-state index contributed by atoms with van der Waals surface area (Å²) < 4.78 is 5.61. The molecule has 1 N–H and O–H groups in total. The molecule has 0 saturated heterocycles. The number of pyridine rings is 2. The molecule has 0 radical (unpaired) electrons. The Balaban J connectivity index is 2.17. The molecule has 4 heteroatoms. The molecule has 4 nitrogen and oxygen atoms in total. The first-order chi connectivity index (χ1) is 8.29. The normalized spacial score (nSPS) is 12.1. The smallest absolute Gasteiger partial charge is 0.219 e. The molecular weight excluding hydrogens is 214 g/mol. The average Bonchev–Trinajstić information content (AvgIpc) is 2.39. The molecule has 0 aliphatic heterocycles. The maximum absolute atomic E-state index is 5.61. The van der Waals surface area contributed by atoms with Gasteiger partial charge in [0, 0.05) is 24.5 Å². The minimum atomic E-state index is 0.272. The van der Waals surface area contributed by atoms with Gasteiger partial charge in [-0.2, -0.15) is 0 Å². The molecule has 0 aliphatic carbocycles. The van der Waals surface area contributed by atoms with Gasteiger partial charge in [0.2, 0.25) is 5.88 Å². The van der Waals surface area contributed by atoms with E-state index in [1.165, 1.54) is 0 Å². The van der Waals surface area contributed by atoms with Crippen molar-refractivity contribution in [2.45, 2.75) is 13.0 Å². The SMILES string of the molecule is CNC(C)c1ccnc(Oc2cccnc2)c1. The lowest BCUT2D eigenvalue weighted by atomic mass is 10.1. The Labute approximate surface area is 101 Å². The zero-order valence-corrected chi connectivity index (χ0v) is 9.92. The lowest BCUT2D eigenvalue weighted by molar-refractivity contribution is 0.458. The molecule has 0 fully saturated rings. The summed E-state index contributed by atoms with van der Waals surface area (Å²) in [6.45, 7) is 2.09. The molecule has 2 rings (SSSR count). The van der Waals surface area contributed by atoms with Crippen LogP contribution < -0.4 is 10.1 Å². The molecule has 0 amide bonds. The van der Waals surface area contributed by atoms with Gasteiger partial charge in [-0.15, -0.1) is 0 Å². The molecule has 2 aromatic rings. The van der Waals surface area contributed by atoms with E-state index in [0.29, 0.717) is 11.6 Å². The summed E-state index contributed by atoms with van der Waals surface area (Å²) in [6.07, 6.45) is 5.12. The van der Waals surface area contributed by atoms with E-state index in [-0.39, 0.29) is 6.04 Å². The van der Waals surface area contributed by atoms with Crippen molar-refractivity contribution in [2.75, 3.05) is 7.05 Å². The zero-order valence-electron chi connectivity index (χ0n) is 9.92. The van der Waals surface area contributed by atoms with Crippen molar-refractivity contribution >= 4 is 0 Å². The van der Waals surface area contributed by atoms with Gasteiger partial charge in [0.1, 0.15) is 5.75 Å². The molecule has 1 unspecified atom stereocenters. The summed E-state index contributed by atoms with van der Waals surface area (Å²) in [5, 5.41) is 3.18. The van der Waals surface area contributed by atoms with Gasteiger partial charge in [-0.3, -0.25) is 4.98 Å². The Bertz CT molecular complexity index is 473. The third-order valence-corrected chi connectivity index (χ3v) is 2.55. The van der Waals surface area contributed by atoms with Crippen LogP contribution in [-0.4, -0.2) is 17.0 Å². The lowest BCUT2D eigenvalue weighted by Gasteiger charge is -2.11. The molecule has 0 aliphatic rings. The summed E-state index contributed by atoms with van der Waals surface area (Å²) in [5.41, 5.74) is 1.14. The Morgan fingerprint density at radius 2 is 2.18 bits per heavy atom. The number of hydrogen-bond donors (Lipinski definition) is 1. The van der Waals surface area contributed by atoms with Gasteiger partial charge in [-0.05, 0) is 37.7 Å². The van der Waals surface area contributed by atoms with Crippen LogP contribution in [0, 0.1) is 0 Å². The minimum absolute atomic E-state index is 0.272. The topological polar surface area (TPSA) is 47.0 Å². The van der Waals surface area contributed by atoms with E-state index >= 15 is 0 Å². The maximum atomic E-state index is 5.61. The van der Waals surface area contributed by atoms with Crippen molar-refractivity contribution in [1.29, 1.82) is 0 Å². The van der Waals surface area contributed by atoms with Crippen LogP contribution in [0.3, 0.4) is 0 Å². The Morgan fingerprint density at radius 3 is 2.88 bits per heavy atom. The first-order valence-corrected chi connectivity index (χ1v) is 5.50. The second-order valence-electron chi connectivity index (χ2n) is 3.73. The van der Waals surface area contributed by atoms with Crippen LogP contribution in [0.1, 0.15) is 18.5 Å². The molecule has 0 spiro atoms. The molecular formula is C13H15N3O. The van der Waals surface area contributed by atoms with Crippen LogP contribution in [0.4, 0.5) is 0 Å². The minimum Gasteiger partial charge on any atom is -0.437 e. The van der Waals surface area contributed by atoms with Gasteiger partial charge in [-0.1, -0.05) is 0 Å². The predicted octanol–water partition coefficient (Wildman–Crippen LogP) is 2.55. The van der Waals surface area contributed by atoms with E-state index in [1.807, 2.05) is 31.3 Å². The Hall–Kier alpha value is -1.94. The fourth-order valence-electron chi connectivity index (χ4n) is 1.44. The van der Waals surface area contributed by atoms with E-state index in [4.69, 9.17) is 4.74 Å². The van der Waals surface area contributed by atoms with Gasteiger partial charge < -0.3 is 10.1 Å². The molecule has 2 aromatic heterocycles. The number of rotatable bonds is 4. The molecule has 1 atom stereocenters. The average molecular weight is 229 g/mol. The number of ether oxygens (including phenoxy) is 1. The molecule has 2 heterocycles. The molecule has 17 heavy (non-hydrogen) atoms. The van der Waals surface area contributed by atoms with Gasteiger partial charge in [0.25, 0.3) is 0 Å². The van der Waals surface area contributed by atoms with Crippen LogP contribution in [-0.2, 0) is 0 Å². The van der Waals surface area contributed by atoms with Crippen molar-refractivity contribution in [2.24, 2.45) is 0 Å². The van der Waals surface area contributed by atoms with Crippen molar-refractivity contribution in [3.8, 4) is 11.6 Å². The Morgan fingerprint density at radius 1 is 1.29 bits per heavy atom. The summed E-state index contributed by atoms with van der Waals surface area (Å²) >= 11 is 0. The van der Waals surface area contributed by atoms with E-state index in [0.717, 1.165) is 5.56 Å². The molecule has 88 valence electrons.